The molecule has 0 spiro atoms. The van der Waals surface area contributed by atoms with Gasteiger partial charge in [0, 0.05) is 32.7 Å². The molecule has 0 aromatic heterocycles. The van der Waals surface area contributed by atoms with Crippen molar-refractivity contribution in [3.63, 3.8) is 0 Å². The lowest BCUT2D eigenvalue weighted by Gasteiger charge is -2.25. The van der Waals surface area contributed by atoms with Gasteiger partial charge in [0.2, 0.25) is 5.91 Å². The molecule has 1 aromatic carbocycles. The summed E-state index contributed by atoms with van der Waals surface area (Å²) in [6, 6.07) is 10.9. The summed E-state index contributed by atoms with van der Waals surface area (Å²) >= 11 is 0. The SMILES string of the molecule is COCCNCCC1CCC(=O)N1CCCc1ccccc1. The number of hydrogen-bond donors (Lipinski definition) is 1. The molecule has 1 saturated heterocycles. The van der Waals surface area contributed by atoms with E-state index in [-0.39, 0.29) is 0 Å². The summed E-state index contributed by atoms with van der Waals surface area (Å²) in [5.41, 5.74) is 1.35. The average Bonchev–Trinajstić information content (AvgIpc) is 2.89. The van der Waals surface area contributed by atoms with Gasteiger partial charge in [-0.1, -0.05) is 30.3 Å². The van der Waals surface area contributed by atoms with Gasteiger partial charge in [-0.15, -0.1) is 0 Å². The molecule has 1 N–H and O–H groups in total. The second-order valence-corrected chi connectivity index (χ2v) is 5.90. The number of amides is 1. The maximum absolute atomic E-state index is 12.0. The highest BCUT2D eigenvalue weighted by molar-refractivity contribution is 5.78. The molecular weight excluding hydrogens is 276 g/mol. The first-order valence-electron chi connectivity index (χ1n) is 8.34. The van der Waals surface area contributed by atoms with Crippen molar-refractivity contribution in [1.29, 1.82) is 0 Å². The van der Waals surface area contributed by atoms with Crippen molar-refractivity contribution in [3.8, 4) is 0 Å². The molecule has 0 bridgehead atoms. The number of methoxy groups -OCH3 is 1. The standard InChI is InChI=1S/C18H28N2O2/c1-22-15-13-19-12-11-17-9-10-18(21)20(17)14-5-8-16-6-3-2-4-7-16/h2-4,6-7,17,19H,5,8-15H2,1H3. The molecule has 4 heteroatoms. The van der Waals surface area contributed by atoms with Crippen LogP contribution in [0.25, 0.3) is 0 Å². The van der Waals surface area contributed by atoms with Crippen molar-refractivity contribution in [3.05, 3.63) is 35.9 Å². The van der Waals surface area contributed by atoms with Gasteiger partial charge in [-0.3, -0.25) is 4.79 Å². The maximum Gasteiger partial charge on any atom is 0.222 e. The minimum absolute atomic E-state index is 0.329. The summed E-state index contributed by atoms with van der Waals surface area (Å²) in [5.74, 6) is 0.329. The molecular formula is C18H28N2O2. The number of rotatable bonds is 10. The van der Waals surface area contributed by atoms with Gasteiger partial charge in [-0.25, -0.2) is 0 Å². The Morgan fingerprint density at radius 3 is 2.86 bits per heavy atom. The lowest BCUT2D eigenvalue weighted by atomic mass is 10.1. The Labute approximate surface area is 133 Å². The third-order valence-electron chi connectivity index (χ3n) is 4.30. The highest BCUT2D eigenvalue weighted by atomic mass is 16.5. The van der Waals surface area contributed by atoms with Crippen molar-refractivity contribution >= 4 is 5.91 Å². The molecule has 1 fully saturated rings. The van der Waals surface area contributed by atoms with Gasteiger partial charge in [0.05, 0.1) is 6.61 Å². The molecule has 1 atom stereocenters. The van der Waals surface area contributed by atoms with Crippen LogP contribution in [0.4, 0.5) is 0 Å². The van der Waals surface area contributed by atoms with Crippen molar-refractivity contribution in [2.24, 2.45) is 0 Å². The zero-order chi connectivity index (χ0) is 15.6. The third kappa shape index (κ3) is 5.43. The van der Waals surface area contributed by atoms with Crippen LogP contribution in [-0.2, 0) is 16.0 Å². The Hall–Kier alpha value is -1.39. The summed E-state index contributed by atoms with van der Waals surface area (Å²) in [6.45, 7) is 3.46. The van der Waals surface area contributed by atoms with E-state index in [4.69, 9.17) is 4.74 Å². The van der Waals surface area contributed by atoms with Crippen LogP contribution in [0.5, 0.6) is 0 Å². The monoisotopic (exact) mass is 304 g/mol. The number of ether oxygens (including phenoxy) is 1. The first-order chi connectivity index (χ1) is 10.8. The highest BCUT2D eigenvalue weighted by Crippen LogP contribution is 2.21. The van der Waals surface area contributed by atoms with Gasteiger partial charge in [-0.05, 0) is 37.8 Å². The van der Waals surface area contributed by atoms with Crippen LogP contribution in [0.15, 0.2) is 30.3 Å². The topological polar surface area (TPSA) is 41.6 Å². The van der Waals surface area contributed by atoms with Crippen LogP contribution < -0.4 is 5.32 Å². The molecule has 4 nitrogen and oxygen atoms in total. The molecule has 1 aliphatic rings. The smallest absolute Gasteiger partial charge is 0.222 e. The Morgan fingerprint density at radius 1 is 1.27 bits per heavy atom. The van der Waals surface area contributed by atoms with E-state index in [2.05, 4.69) is 34.5 Å². The summed E-state index contributed by atoms with van der Waals surface area (Å²) in [4.78, 5) is 14.1. The molecule has 0 saturated carbocycles. The minimum atomic E-state index is 0.329. The summed E-state index contributed by atoms with van der Waals surface area (Å²) in [6.07, 6.45) is 4.86. The predicted molar refractivity (Wildman–Crippen MR) is 88.9 cm³/mol. The van der Waals surface area contributed by atoms with Crippen LogP contribution in [-0.4, -0.2) is 50.2 Å². The molecule has 1 heterocycles. The first kappa shape index (κ1) is 17.0. The Kier molecular flexibility index (Phi) is 7.40. The number of carbonyl (C=O) groups excluding carboxylic acids is 1. The number of hydrogen-bond acceptors (Lipinski definition) is 3. The van der Waals surface area contributed by atoms with Gasteiger partial charge < -0.3 is 15.0 Å². The lowest BCUT2D eigenvalue weighted by Crippen LogP contribution is -2.36. The van der Waals surface area contributed by atoms with Crippen molar-refractivity contribution < 1.29 is 9.53 Å². The second-order valence-electron chi connectivity index (χ2n) is 5.90. The molecule has 2 rings (SSSR count). The third-order valence-corrected chi connectivity index (χ3v) is 4.30. The number of likely N-dealkylation sites (tertiary alicyclic amines) is 1. The lowest BCUT2D eigenvalue weighted by molar-refractivity contribution is -0.129. The molecule has 1 unspecified atom stereocenters. The minimum Gasteiger partial charge on any atom is -0.383 e. The summed E-state index contributed by atoms with van der Waals surface area (Å²) < 4.78 is 5.02. The molecule has 1 amide bonds. The quantitative estimate of drug-likeness (QED) is 0.674. The number of benzene rings is 1. The fourth-order valence-electron chi connectivity index (χ4n) is 3.07. The molecule has 1 aliphatic heterocycles. The van der Waals surface area contributed by atoms with Gasteiger partial charge >= 0.3 is 0 Å². The van der Waals surface area contributed by atoms with E-state index >= 15 is 0 Å². The van der Waals surface area contributed by atoms with Crippen LogP contribution in [0.1, 0.15) is 31.2 Å². The van der Waals surface area contributed by atoms with Crippen LogP contribution >= 0.6 is 0 Å². The molecule has 22 heavy (non-hydrogen) atoms. The van der Waals surface area contributed by atoms with Crippen LogP contribution in [0.3, 0.4) is 0 Å². The Bertz CT molecular complexity index is 436. The van der Waals surface area contributed by atoms with E-state index in [9.17, 15) is 4.79 Å². The number of carbonyl (C=O) groups is 1. The summed E-state index contributed by atoms with van der Waals surface area (Å²) in [7, 11) is 1.71. The van der Waals surface area contributed by atoms with Crippen molar-refractivity contribution in [1.82, 2.24) is 10.2 Å². The zero-order valence-corrected chi connectivity index (χ0v) is 13.6. The van der Waals surface area contributed by atoms with Gasteiger partial charge in [0.25, 0.3) is 0 Å². The fourth-order valence-corrected chi connectivity index (χ4v) is 3.07. The number of nitrogens with zero attached hydrogens (tertiary/aromatic N) is 1. The van der Waals surface area contributed by atoms with E-state index < -0.39 is 0 Å². The predicted octanol–water partition coefficient (Wildman–Crippen LogP) is 2.24. The van der Waals surface area contributed by atoms with Gasteiger partial charge in [-0.2, -0.15) is 0 Å². The number of aryl methyl sites for hydroxylation is 1. The first-order valence-corrected chi connectivity index (χ1v) is 8.34. The van der Waals surface area contributed by atoms with E-state index in [0.29, 0.717) is 18.4 Å². The fraction of sp³-hybridized carbons (Fsp3) is 0.611. The highest BCUT2D eigenvalue weighted by Gasteiger charge is 2.29. The van der Waals surface area contributed by atoms with Crippen molar-refractivity contribution in [2.45, 2.75) is 38.1 Å². The van der Waals surface area contributed by atoms with Gasteiger partial charge in [0.1, 0.15) is 0 Å². The largest absolute Gasteiger partial charge is 0.383 e. The normalized spacial score (nSPS) is 18.1. The van der Waals surface area contributed by atoms with E-state index in [0.717, 1.165) is 51.9 Å². The van der Waals surface area contributed by atoms with Crippen molar-refractivity contribution in [2.75, 3.05) is 33.4 Å². The second kappa shape index (κ2) is 9.59. The van der Waals surface area contributed by atoms with E-state index in [1.165, 1.54) is 5.56 Å². The van der Waals surface area contributed by atoms with Gasteiger partial charge in [0.15, 0.2) is 0 Å². The maximum atomic E-state index is 12.0. The molecule has 0 radical (unpaired) electrons. The van der Waals surface area contributed by atoms with Crippen LogP contribution in [0, 0.1) is 0 Å². The number of nitrogens with one attached hydrogen (secondary N) is 1. The summed E-state index contributed by atoms with van der Waals surface area (Å²) in [5, 5.41) is 3.37. The Morgan fingerprint density at radius 2 is 2.09 bits per heavy atom. The van der Waals surface area contributed by atoms with E-state index in [1.54, 1.807) is 7.11 Å². The average molecular weight is 304 g/mol. The molecule has 1 aromatic rings. The zero-order valence-electron chi connectivity index (χ0n) is 13.6. The van der Waals surface area contributed by atoms with Crippen LogP contribution in [0.2, 0.25) is 0 Å². The van der Waals surface area contributed by atoms with E-state index in [1.807, 2.05) is 6.07 Å². The molecule has 122 valence electrons. The Balaban J connectivity index is 1.69. The molecule has 0 aliphatic carbocycles.